The van der Waals surface area contributed by atoms with Crippen LogP contribution in [0, 0.1) is 0 Å². The van der Waals surface area contributed by atoms with Gasteiger partial charge in [0, 0.05) is 7.05 Å². The van der Waals surface area contributed by atoms with E-state index in [-0.39, 0.29) is 11.6 Å². The quantitative estimate of drug-likeness (QED) is 0.598. The first-order chi connectivity index (χ1) is 8.60. The second-order valence-electron chi connectivity index (χ2n) is 5.13. The van der Waals surface area contributed by atoms with Gasteiger partial charge in [0.25, 0.3) is 5.91 Å². The van der Waals surface area contributed by atoms with E-state index < -0.39 is 0 Å². The number of rotatable bonds is 2. The monoisotopic (exact) mass is 248 g/mol. The van der Waals surface area contributed by atoms with Gasteiger partial charge >= 0.3 is 0 Å². The van der Waals surface area contributed by atoms with Crippen molar-refractivity contribution < 1.29 is 9.59 Å². The molecule has 4 heteroatoms. The Bertz CT molecular complexity index is 418. The van der Waals surface area contributed by atoms with E-state index in [1.165, 1.54) is 12.5 Å². The summed E-state index contributed by atoms with van der Waals surface area (Å²) in [6, 6.07) is 0. The van der Waals surface area contributed by atoms with Crippen molar-refractivity contribution in [3.8, 4) is 0 Å². The number of nitrogens with zero attached hydrogens (tertiary/aromatic N) is 1. The number of amides is 1. The largest absolute Gasteiger partial charge is 0.347 e. The molecule has 0 radical (unpaired) electrons. The van der Waals surface area contributed by atoms with E-state index in [1.807, 2.05) is 14.0 Å². The SMILES string of the molecule is CC(/C=C\C=O)=C1\C(=O)NC2(CCCCC2)N1C. The minimum atomic E-state index is -0.194. The van der Waals surface area contributed by atoms with Crippen molar-refractivity contribution in [3.63, 3.8) is 0 Å². The molecule has 0 aromatic heterocycles. The highest BCUT2D eigenvalue weighted by atomic mass is 16.2. The number of aldehydes is 1. The van der Waals surface area contributed by atoms with Crippen LogP contribution in [-0.4, -0.2) is 29.8 Å². The average Bonchev–Trinajstić information content (AvgIpc) is 2.59. The standard InChI is InChI=1S/C14H20N2O2/c1-11(7-6-10-17)12-13(18)15-14(16(12)2)8-4-3-5-9-14/h6-7,10H,3-5,8-9H2,1-2H3,(H,15,18)/b7-6-,12-11-. The van der Waals surface area contributed by atoms with Crippen molar-refractivity contribution in [2.75, 3.05) is 7.05 Å². The Balaban J connectivity index is 2.31. The summed E-state index contributed by atoms with van der Waals surface area (Å²) in [5.41, 5.74) is 1.33. The Morgan fingerprint density at radius 1 is 1.33 bits per heavy atom. The molecule has 1 heterocycles. The van der Waals surface area contributed by atoms with E-state index in [0.717, 1.165) is 37.5 Å². The summed E-state index contributed by atoms with van der Waals surface area (Å²) in [5, 5.41) is 3.13. The fourth-order valence-corrected chi connectivity index (χ4v) is 3.02. The predicted octanol–water partition coefficient (Wildman–Crippen LogP) is 1.74. The maximum Gasteiger partial charge on any atom is 0.269 e. The fraction of sp³-hybridized carbons (Fsp3) is 0.571. The van der Waals surface area contributed by atoms with Gasteiger partial charge in [-0.25, -0.2) is 0 Å². The molecule has 4 nitrogen and oxygen atoms in total. The van der Waals surface area contributed by atoms with Gasteiger partial charge in [-0.1, -0.05) is 12.5 Å². The third-order valence-electron chi connectivity index (χ3n) is 4.02. The van der Waals surface area contributed by atoms with Gasteiger partial charge in [-0.15, -0.1) is 0 Å². The molecule has 2 rings (SSSR count). The van der Waals surface area contributed by atoms with Crippen molar-refractivity contribution in [2.45, 2.75) is 44.7 Å². The molecule has 18 heavy (non-hydrogen) atoms. The fourth-order valence-electron chi connectivity index (χ4n) is 3.02. The van der Waals surface area contributed by atoms with Crippen molar-refractivity contribution in [1.29, 1.82) is 0 Å². The molecule has 2 fully saturated rings. The minimum absolute atomic E-state index is 0.0209. The molecular formula is C14H20N2O2. The van der Waals surface area contributed by atoms with Gasteiger partial charge in [0.05, 0.1) is 0 Å². The summed E-state index contributed by atoms with van der Waals surface area (Å²) >= 11 is 0. The molecule has 2 aliphatic rings. The number of carbonyl (C=O) groups excluding carboxylic acids is 2. The second-order valence-corrected chi connectivity index (χ2v) is 5.13. The van der Waals surface area contributed by atoms with Crippen molar-refractivity contribution >= 4 is 12.2 Å². The Hall–Kier alpha value is -1.58. The van der Waals surface area contributed by atoms with Gasteiger partial charge in [-0.05, 0) is 44.3 Å². The van der Waals surface area contributed by atoms with Crippen molar-refractivity contribution in [3.05, 3.63) is 23.4 Å². The highest BCUT2D eigenvalue weighted by molar-refractivity contribution is 5.97. The van der Waals surface area contributed by atoms with Crippen LogP contribution < -0.4 is 5.32 Å². The van der Waals surface area contributed by atoms with Crippen LogP contribution in [-0.2, 0) is 9.59 Å². The lowest BCUT2D eigenvalue weighted by Crippen LogP contribution is -2.51. The van der Waals surface area contributed by atoms with Gasteiger partial charge in [-0.3, -0.25) is 9.59 Å². The number of hydrogen-bond donors (Lipinski definition) is 1. The van der Waals surface area contributed by atoms with Gasteiger partial charge in [0.1, 0.15) is 17.6 Å². The lowest BCUT2D eigenvalue weighted by Gasteiger charge is -2.39. The maximum absolute atomic E-state index is 12.1. The Kier molecular flexibility index (Phi) is 3.55. The van der Waals surface area contributed by atoms with Crippen LogP contribution >= 0.6 is 0 Å². The zero-order valence-electron chi connectivity index (χ0n) is 11.0. The van der Waals surface area contributed by atoms with Crippen LogP contribution in [0.25, 0.3) is 0 Å². The molecule has 98 valence electrons. The predicted molar refractivity (Wildman–Crippen MR) is 69.6 cm³/mol. The van der Waals surface area contributed by atoms with Crippen molar-refractivity contribution in [1.82, 2.24) is 10.2 Å². The summed E-state index contributed by atoms with van der Waals surface area (Å²) < 4.78 is 0. The third-order valence-corrected chi connectivity index (χ3v) is 4.02. The van der Waals surface area contributed by atoms with Gasteiger partial charge in [0.15, 0.2) is 0 Å². The third kappa shape index (κ3) is 2.07. The van der Waals surface area contributed by atoms with E-state index in [9.17, 15) is 9.59 Å². The van der Waals surface area contributed by atoms with E-state index in [1.54, 1.807) is 6.08 Å². The zero-order valence-corrected chi connectivity index (χ0v) is 11.0. The topological polar surface area (TPSA) is 49.4 Å². The lowest BCUT2D eigenvalue weighted by molar-refractivity contribution is -0.117. The normalized spacial score (nSPS) is 25.7. The first-order valence-electron chi connectivity index (χ1n) is 6.50. The van der Waals surface area contributed by atoms with Crippen LogP contribution in [0.3, 0.4) is 0 Å². The highest BCUT2D eigenvalue weighted by Crippen LogP contribution is 2.37. The van der Waals surface area contributed by atoms with Crippen LogP contribution in [0.4, 0.5) is 0 Å². The van der Waals surface area contributed by atoms with Gasteiger partial charge in [-0.2, -0.15) is 0 Å². The summed E-state index contributed by atoms with van der Waals surface area (Å²) in [5.74, 6) is -0.0209. The first kappa shape index (κ1) is 12.9. The highest BCUT2D eigenvalue weighted by Gasteiger charge is 2.46. The Morgan fingerprint density at radius 2 is 2.00 bits per heavy atom. The van der Waals surface area contributed by atoms with Crippen LogP contribution in [0.2, 0.25) is 0 Å². The number of likely N-dealkylation sites (N-methyl/N-ethyl adjacent to an activating group) is 1. The number of hydrogen-bond acceptors (Lipinski definition) is 3. The molecule has 1 amide bonds. The van der Waals surface area contributed by atoms with Crippen molar-refractivity contribution in [2.24, 2.45) is 0 Å². The smallest absolute Gasteiger partial charge is 0.269 e. The maximum atomic E-state index is 12.1. The van der Waals surface area contributed by atoms with Crippen LogP contribution in [0.1, 0.15) is 39.0 Å². The molecule has 0 aromatic carbocycles. The molecule has 1 aliphatic carbocycles. The minimum Gasteiger partial charge on any atom is -0.347 e. The molecule has 0 unspecified atom stereocenters. The van der Waals surface area contributed by atoms with Crippen LogP contribution in [0.15, 0.2) is 23.4 Å². The molecule has 1 N–H and O–H groups in total. The van der Waals surface area contributed by atoms with Gasteiger partial charge in [0.2, 0.25) is 0 Å². The molecule has 1 saturated heterocycles. The van der Waals surface area contributed by atoms with Crippen LogP contribution in [0.5, 0.6) is 0 Å². The lowest BCUT2D eigenvalue weighted by atomic mass is 9.88. The Morgan fingerprint density at radius 3 is 2.61 bits per heavy atom. The summed E-state index contributed by atoms with van der Waals surface area (Å²) in [6.07, 6.45) is 9.41. The second kappa shape index (κ2) is 4.96. The molecule has 1 saturated carbocycles. The van der Waals surface area contributed by atoms with E-state index in [2.05, 4.69) is 10.2 Å². The van der Waals surface area contributed by atoms with Gasteiger partial charge < -0.3 is 10.2 Å². The average molecular weight is 248 g/mol. The summed E-state index contributed by atoms with van der Waals surface area (Å²) in [6.45, 7) is 1.87. The summed E-state index contributed by atoms with van der Waals surface area (Å²) in [7, 11) is 1.97. The number of nitrogens with one attached hydrogen (secondary N) is 1. The van der Waals surface area contributed by atoms with E-state index in [4.69, 9.17) is 0 Å². The van der Waals surface area contributed by atoms with E-state index in [0.29, 0.717) is 5.70 Å². The molecule has 1 spiro atoms. The first-order valence-corrected chi connectivity index (χ1v) is 6.50. The number of carbonyl (C=O) groups is 2. The molecule has 0 bridgehead atoms. The molecule has 0 atom stereocenters. The zero-order chi connectivity index (χ0) is 13.2. The molecular weight excluding hydrogens is 228 g/mol. The Labute approximate surface area is 108 Å². The molecule has 0 aromatic rings. The summed E-state index contributed by atoms with van der Waals surface area (Å²) in [4.78, 5) is 24.6. The molecule has 1 aliphatic heterocycles. The number of allylic oxidation sites excluding steroid dienone is 3. The van der Waals surface area contributed by atoms with E-state index >= 15 is 0 Å².